The van der Waals surface area contributed by atoms with E-state index in [1.807, 2.05) is 12.1 Å². The largest absolute Gasteiger partial charge is 0.378 e. The fourth-order valence-corrected chi connectivity index (χ4v) is 2.41. The Hall–Kier alpha value is -0.930. The van der Waals surface area contributed by atoms with Crippen LogP contribution in [-0.4, -0.2) is 25.3 Å². The minimum absolute atomic E-state index is 0.169. The van der Waals surface area contributed by atoms with Crippen LogP contribution in [0.25, 0.3) is 0 Å². The van der Waals surface area contributed by atoms with Gasteiger partial charge in [0.05, 0.1) is 6.10 Å². The summed E-state index contributed by atoms with van der Waals surface area (Å²) < 4.78 is 18.4. The second kappa shape index (κ2) is 6.86. The van der Waals surface area contributed by atoms with Crippen molar-refractivity contribution in [2.24, 2.45) is 0 Å². The Balaban J connectivity index is 1.65. The van der Waals surface area contributed by atoms with Gasteiger partial charge in [-0.25, -0.2) is 4.39 Å². The maximum atomic E-state index is 12.8. The molecular weight excluding hydrogens is 229 g/mol. The van der Waals surface area contributed by atoms with Crippen LogP contribution in [0.5, 0.6) is 0 Å². The third kappa shape index (κ3) is 4.39. The van der Waals surface area contributed by atoms with Crippen molar-refractivity contribution < 1.29 is 9.13 Å². The van der Waals surface area contributed by atoms with E-state index in [1.165, 1.54) is 30.5 Å². The lowest BCUT2D eigenvalue weighted by atomic mass is 10.1. The molecule has 0 aromatic heterocycles. The summed E-state index contributed by atoms with van der Waals surface area (Å²) in [6.45, 7) is 4.09. The molecule has 1 aromatic carbocycles. The Kier molecular flexibility index (Phi) is 5.14. The lowest BCUT2D eigenvalue weighted by Crippen LogP contribution is -2.30. The molecule has 2 atom stereocenters. The highest BCUT2D eigenvalue weighted by Gasteiger charge is 2.15. The summed E-state index contributed by atoms with van der Waals surface area (Å²) in [5.41, 5.74) is 1.17. The molecule has 1 aromatic rings. The number of nitrogens with one attached hydrogen (secondary N) is 1. The van der Waals surface area contributed by atoms with Crippen molar-refractivity contribution in [1.82, 2.24) is 5.32 Å². The quantitative estimate of drug-likeness (QED) is 0.839. The van der Waals surface area contributed by atoms with E-state index in [0.29, 0.717) is 12.1 Å². The highest BCUT2D eigenvalue weighted by atomic mass is 19.1. The van der Waals surface area contributed by atoms with Crippen molar-refractivity contribution in [2.45, 2.75) is 44.8 Å². The number of ether oxygens (including phenoxy) is 1. The molecule has 2 rings (SSSR count). The topological polar surface area (TPSA) is 21.3 Å². The molecule has 2 nitrogen and oxygen atoms in total. The summed E-state index contributed by atoms with van der Waals surface area (Å²) >= 11 is 0. The normalized spacial score (nSPS) is 21.1. The molecule has 0 bridgehead atoms. The van der Waals surface area contributed by atoms with Gasteiger partial charge in [-0.05, 0) is 56.8 Å². The van der Waals surface area contributed by atoms with Gasteiger partial charge in [0.2, 0.25) is 0 Å². The second-order valence-electron chi connectivity index (χ2n) is 5.11. The summed E-state index contributed by atoms with van der Waals surface area (Å²) in [5, 5.41) is 3.50. The summed E-state index contributed by atoms with van der Waals surface area (Å²) in [5.74, 6) is -0.169. The van der Waals surface area contributed by atoms with Crippen molar-refractivity contribution >= 4 is 0 Å². The van der Waals surface area contributed by atoms with E-state index in [-0.39, 0.29) is 5.82 Å². The average molecular weight is 251 g/mol. The first-order valence-corrected chi connectivity index (χ1v) is 6.83. The molecule has 18 heavy (non-hydrogen) atoms. The van der Waals surface area contributed by atoms with E-state index >= 15 is 0 Å². The predicted octanol–water partition coefficient (Wildman–Crippen LogP) is 2.92. The zero-order valence-corrected chi connectivity index (χ0v) is 11.0. The third-order valence-corrected chi connectivity index (χ3v) is 3.44. The molecule has 1 heterocycles. The minimum Gasteiger partial charge on any atom is -0.378 e. The van der Waals surface area contributed by atoms with Crippen molar-refractivity contribution in [3.05, 3.63) is 35.6 Å². The number of benzene rings is 1. The van der Waals surface area contributed by atoms with Gasteiger partial charge in [0, 0.05) is 12.6 Å². The molecule has 1 fully saturated rings. The van der Waals surface area contributed by atoms with Crippen molar-refractivity contribution in [3.8, 4) is 0 Å². The average Bonchev–Trinajstić information content (AvgIpc) is 2.85. The van der Waals surface area contributed by atoms with Crippen LogP contribution < -0.4 is 5.32 Å². The molecule has 1 aliphatic heterocycles. The number of hydrogen-bond acceptors (Lipinski definition) is 2. The monoisotopic (exact) mass is 251 g/mol. The van der Waals surface area contributed by atoms with E-state index < -0.39 is 0 Å². The highest BCUT2D eigenvalue weighted by molar-refractivity contribution is 5.16. The molecule has 1 aliphatic rings. The zero-order chi connectivity index (χ0) is 12.8. The Morgan fingerprint density at radius 3 is 2.83 bits per heavy atom. The van der Waals surface area contributed by atoms with Crippen LogP contribution in [-0.2, 0) is 11.2 Å². The third-order valence-electron chi connectivity index (χ3n) is 3.44. The molecule has 0 saturated carbocycles. The first kappa shape index (κ1) is 13.5. The fraction of sp³-hybridized carbons (Fsp3) is 0.600. The van der Waals surface area contributed by atoms with Crippen LogP contribution in [0.2, 0.25) is 0 Å². The number of halogens is 1. The molecule has 100 valence electrons. The Bertz CT molecular complexity index is 346. The number of rotatable bonds is 6. The SMILES string of the molecule is CC(Cc1ccc(F)cc1)NCCC1CCCO1. The van der Waals surface area contributed by atoms with Gasteiger partial charge in [0.25, 0.3) is 0 Å². The molecule has 0 amide bonds. The predicted molar refractivity (Wildman–Crippen MR) is 71.2 cm³/mol. The van der Waals surface area contributed by atoms with Crippen LogP contribution in [0.15, 0.2) is 24.3 Å². The van der Waals surface area contributed by atoms with Gasteiger partial charge < -0.3 is 10.1 Å². The van der Waals surface area contributed by atoms with Gasteiger partial charge in [0.15, 0.2) is 0 Å². The van der Waals surface area contributed by atoms with E-state index in [1.54, 1.807) is 0 Å². The number of hydrogen-bond donors (Lipinski definition) is 1. The van der Waals surface area contributed by atoms with Crippen molar-refractivity contribution in [3.63, 3.8) is 0 Å². The lowest BCUT2D eigenvalue weighted by molar-refractivity contribution is 0.103. The van der Waals surface area contributed by atoms with Gasteiger partial charge in [0.1, 0.15) is 5.82 Å². The molecule has 3 heteroatoms. The molecule has 0 spiro atoms. The smallest absolute Gasteiger partial charge is 0.123 e. The Labute approximate surface area is 109 Å². The van der Waals surface area contributed by atoms with Crippen molar-refractivity contribution in [1.29, 1.82) is 0 Å². The van der Waals surface area contributed by atoms with Gasteiger partial charge in [-0.2, -0.15) is 0 Å². The minimum atomic E-state index is -0.169. The second-order valence-corrected chi connectivity index (χ2v) is 5.11. The molecule has 0 aliphatic carbocycles. The van der Waals surface area contributed by atoms with Crippen LogP contribution >= 0.6 is 0 Å². The molecule has 0 radical (unpaired) electrons. The van der Waals surface area contributed by atoms with E-state index in [9.17, 15) is 4.39 Å². The van der Waals surface area contributed by atoms with E-state index in [0.717, 1.165) is 26.0 Å². The highest BCUT2D eigenvalue weighted by Crippen LogP contribution is 2.14. The van der Waals surface area contributed by atoms with E-state index in [4.69, 9.17) is 4.74 Å². The molecule has 1 N–H and O–H groups in total. The summed E-state index contributed by atoms with van der Waals surface area (Å²) in [7, 11) is 0. The van der Waals surface area contributed by atoms with Crippen LogP contribution in [0.4, 0.5) is 4.39 Å². The maximum Gasteiger partial charge on any atom is 0.123 e. The summed E-state index contributed by atoms with van der Waals surface area (Å²) in [4.78, 5) is 0. The standard InChI is InChI=1S/C15H22FNO/c1-12(11-13-4-6-14(16)7-5-13)17-9-8-15-3-2-10-18-15/h4-7,12,15,17H,2-3,8-11H2,1H3. The van der Waals surface area contributed by atoms with Gasteiger partial charge in [-0.3, -0.25) is 0 Å². The van der Waals surface area contributed by atoms with E-state index in [2.05, 4.69) is 12.2 Å². The summed E-state index contributed by atoms with van der Waals surface area (Å²) in [6, 6.07) is 7.17. The van der Waals surface area contributed by atoms with Gasteiger partial charge in [-0.15, -0.1) is 0 Å². The zero-order valence-electron chi connectivity index (χ0n) is 11.0. The first-order valence-electron chi connectivity index (χ1n) is 6.83. The van der Waals surface area contributed by atoms with Crippen molar-refractivity contribution in [2.75, 3.05) is 13.2 Å². The van der Waals surface area contributed by atoms with Crippen LogP contribution in [0.1, 0.15) is 31.7 Å². The van der Waals surface area contributed by atoms with Crippen LogP contribution in [0, 0.1) is 5.82 Å². The molecule has 1 saturated heterocycles. The first-order chi connectivity index (χ1) is 8.74. The van der Waals surface area contributed by atoms with Gasteiger partial charge in [-0.1, -0.05) is 12.1 Å². The molecule has 2 unspecified atom stereocenters. The maximum absolute atomic E-state index is 12.8. The molecular formula is C15H22FNO. The van der Waals surface area contributed by atoms with Gasteiger partial charge >= 0.3 is 0 Å². The lowest BCUT2D eigenvalue weighted by Gasteiger charge is -2.15. The summed E-state index contributed by atoms with van der Waals surface area (Å²) in [6.07, 6.45) is 4.89. The Morgan fingerprint density at radius 2 is 2.17 bits per heavy atom. The Morgan fingerprint density at radius 1 is 1.39 bits per heavy atom. The fourth-order valence-electron chi connectivity index (χ4n) is 2.41. The van der Waals surface area contributed by atoms with Crippen LogP contribution in [0.3, 0.4) is 0 Å².